The van der Waals surface area contributed by atoms with Crippen molar-refractivity contribution in [3.05, 3.63) is 57.2 Å². The Morgan fingerprint density at radius 3 is 2.62 bits per heavy atom. The van der Waals surface area contributed by atoms with E-state index in [9.17, 15) is 29.4 Å². The highest BCUT2D eigenvalue weighted by molar-refractivity contribution is 7.46. The number of rotatable bonds is 4. The molecule has 32 heavy (non-hydrogen) atoms. The Hall–Kier alpha value is -2.39. The Balaban J connectivity index is 2.05. The highest BCUT2D eigenvalue weighted by Crippen LogP contribution is 2.48. The number of aliphatic hydroxyl groups excluding tert-OH is 1. The molecule has 11 heteroatoms. The van der Waals surface area contributed by atoms with Gasteiger partial charge in [0.25, 0.3) is 0 Å². The molecule has 170 valence electrons. The fraction of sp³-hybridized carbons (Fsp3) is 0.286. The molecule has 9 nitrogen and oxygen atoms in total. The number of phosphoric ester groups is 1. The van der Waals surface area contributed by atoms with Gasteiger partial charge in [0, 0.05) is 35.7 Å². The summed E-state index contributed by atoms with van der Waals surface area (Å²) in [5, 5.41) is 21.4. The zero-order chi connectivity index (χ0) is 23.2. The lowest BCUT2D eigenvalue weighted by molar-refractivity contribution is 0.0632. The maximum atomic E-state index is 12.9. The van der Waals surface area contributed by atoms with Crippen LogP contribution in [-0.4, -0.2) is 51.1 Å². The van der Waals surface area contributed by atoms with Crippen LogP contribution in [0.1, 0.15) is 17.9 Å². The lowest BCUT2D eigenvalue weighted by Crippen LogP contribution is -2.40. The van der Waals surface area contributed by atoms with E-state index in [2.05, 4.69) is 0 Å². The van der Waals surface area contributed by atoms with E-state index in [1.54, 1.807) is 24.3 Å². The maximum Gasteiger partial charge on any atom is 0.524 e. The molecular formula is C21H21ClNO8P. The molecule has 4 N–H and O–H groups in total. The van der Waals surface area contributed by atoms with Gasteiger partial charge in [0.2, 0.25) is 0 Å². The van der Waals surface area contributed by atoms with Crippen molar-refractivity contribution < 1.29 is 33.5 Å². The monoisotopic (exact) mass is 481 g/mol. The predicted octanol–water partition coefficient (Wildman–Crippen LogP) is 3.07. The molecule has 0 radical (unpaired) electrons. The second-order valence-corrected chi connectivity index (χ2v) is 9.34. The van der Waals surface area contributed by atoms with E-state index in [1.807, 2.05) is 11.9 Å². The Morgan fingerprint density at radius 2 is 1.97 bits per heavy atom. The summed E-state index contributed by atoms with van der Waals surface area (Å²) in [4.78, 5) is 33.7. The molecule has 1 aliphatic heterocycles. The van der Waals surface area contributed by atoms with Crippen molar-refractivity contribution >= 4 is 30.4 Å². The molecule has 0 spiro atoms. The number of phosphoric acid groups is 1. The third-order valence-electron chi connectivity index (χ3n) is 5.49. The lowest BCUT2D eigenvalue weighted by Gasteiger charge is -2.34. The standard InChI is InChI=1S/C21H21ClNO8P/c1-23-7-6-12(16(26)10-23)19-18(31-32(27,28)29)9-15(25)20-14(24)8-17(30-21(19)20)11-4-2-3-5-13(11)22/h2-5,8-9,12,16,25-26H,6-7,10H2,1H3,(H2,27,28,29)/t12-,16?/m0/s1. The minimum atomic E-state index is -5.03. The van der Waals surface area contributed by atoms with Crippen molar-refractivity contribution in [1.82, 2.24) is 4.90 Å². The SMILES string of the molecule is CN1CC[C@H](c2c(OP(=O)(O)O)cc(O)c3c(=O)cc(-c4ccccc4Cl)oc23)C(O)C1. The van der Waals surface area contributed by atoms with Crippen LogP contribution in [0.5, 0.6) is 11.5 Å². The highest BCUT2D eigenvalue weighted by Gasteiger charge is 2.35. The minimum absolute atomic E-state index is 0.101. The largest absolute Gasteiger partial charge is 0.524 e. The molecule has 1 saturated heterocycles. The van der Waals surface area contributed by atoms with Crippen LogP contribution in [0.25, 0.3) is 22.3 Å². The number of piperidine rings is 1. The number of β-amino-alcohol motifs (C(OH)–C–C–N with tert-alkyl or cyclic N) is 1. The van der Waals surface area contributed by atoms with Crippen molar-refractivity contribution in [2.24, 2.45) is 0 Å². The Morgan fingerprint density at radius 1 is 1.25 bits per heavy atom. The zero-order valence-corrected chi connectivity index (χ0v) is 18.6. The van der Waals surface area contributed by atoms with Crippen LogP contribution in [0.15, 0.2) is 45.6 Å². The number of hydrogen-bond donors (Lipinski definition) is 4. The van der Waals surface area contributed by atoms with Crippen molar-refractivity contribution in [2.45, 2.75) is 18.4 Å². The summed E-state index contributed by atoms with van der Waals surface area (Å²) in [5.41, 5.74) is -0.175. The molecule has 0 saturated carbocycles. The van der Waals surface area contributed by atoms with Crippen LogP contribution in [0.3, 0.4) is 0 Å². The van der Waals surface area contributed by atoms with Gasteiger partial charge < -0.3 is 24.1 Å². The zero-order valence-electron chi connectivity index (χ0n) is 16.9. The number of hydrogen-bond acceptors (Lipinski definition) is 7. The van der Waals surface area contributed by atoms with Crippen LogP contribution in [0.4, 0.5) is 0 Å². The molecule has 1 fully saturated rings. The molecule has 0 aliphatic carbocycles. The lowest BCUT2D eigenvalue weighted by atomic mass is 9.85. The molecule has 0 bridgehead atoms. The van der Waals surface area contributed by atoms with Gasteiger partial charge in [0.05, 0.1) is 11.1 Å². The molecule has 3 aromatic rings. The van der Waals surface area contributed by atoms with Gasteiger partial charge in [-0.05, 0) is 32.1 Å². The summed E-state index contributed by atoms with van der Waals surface area (Å²) in [7, 11) is -3.20. The molecule has 1 aliphatic rings. The van der Waals surface area contributed by atoms with E-state index in [0.29, 0.717) is 23.6 Å². The molecule has 0 amide bonds. The van der Waals surface area contributed by atoms with Gasteiger partial charge in [-0.1, -0.05) is 23.7 Å². The van der Waals surface area contributed by atoms with Crippen molar-refractivity contribution in [3.8, 4) is 22.8 Å². The fourth-order valence-electron chi connectivity index (χ4n) is 4.09. The van der Waals surface area contributed by atoms with Gasteiger partial charge in [-0.15, -0.1) is 0 Å². The van der Waals surface area contributed by atoms with Crippen molar-refractivity contribution in [2.75, 3.05) is 20.1 Å². The summed E-state index contributed by atoms with van der Waals surface area (Å²) in [6, 6.07) is 8.83. The van der Waals surface area contributed by atoms with E-state index in [4.69, 9.17) is 20.5 Å². The first kappa shape index (κ1) is 22.8. The summed E-state index contributed by atoms with van der Waals surface area (Å²) in [5.74, 6) is -1.49. The van der Waals surface area contributed by atoms with E-state index in [0.717, 1.165) is 6.07 Å². The number of nitrogens with zero attached hydrogens (tertiary/aromatic N) is 1. The van der Waals surface area contributed by atoms with E-state index in [1.165, 1.54) is 6.07 Å². The molecule has 2 aromatic carbocycles. The minimum Gasteiger partial charge on any atom is -0.507 e. The number of aliphatic hydroxyl groups is 1. The quantitative estimate of drug-likeness (QED) is 0.414. The number of phenolic OH excluding ortho intramolecular Hbond substituents is 1. The predicted molar refractivity (Wildman–Crippen MR) is 118 cm³/mol. The molecule has 1 aromatic heterocycles. The average Bonchev–Trinajstić information content (AvgIpc) is 2.68. The number of likely N-dealkylation sites (N-methyl/N-ethyl adjacent to an activating group) is 1. The van der Waals surface area contributed by atoms with Crippen LogP contribution < -0.4 is 9.95 Å². The Labute approximate surface area is 187 Å². The number of fused-ring (bicyclic) bond motifs is 1. The second kappa shape index (κ2) is 8.51. The van der Waals surface area contributed by atoms with Gasteiger partial charge in [-0.25, -0.2) is 4.57 Å². The summed E-state index contributed by atoms with van der Waals surface area (Å²) < 4.78 is 22.5. The van der Waals surface area contributed by atoms with E-state index in [-0.39, 0.29) is 34.6 Å². The highest BCUT2D eigenvalue weighted by atomic mass is 35.5. The summed E-state index contributed by atoms with van der Waals surface area (Å²) in [6.45, 7) is 0.866. The first-order chi connectivity index (χ1) is 15.0. The first-order valence-corrected chi connectivity index (χ1v) is 11.7. The van der Waals surface area contributed by atoms with Gasteiger partial charge in [0.1, 0.15) is 28.2 Å². The van der Waals surface area contributed by atoms with Gasteiger partial charge in [-0.3, -0.25) is 14.6 Å². The molecule has 2 heterocycles. The number of aromatic hydroxyl groups is 1. The third kappa shape index (κ3) is 4.41. The maximum absolute atomic E-state index is 12.9. The fourth-order valence-corrected chi connectivity index (χ4v) is 4.72. The first-order valence-electron chi connectivity index (χ1n) is 9.75. The van der Waals surface area contributed by atoms with Gasteiger partial charge in [-0.2, -0.15) is 0 Å². The van der Waals surface area contributed by atoms with Crippen LogP contribution >= 0.6 is 19.4 Å². The van der Waals surface area contributed by atoms with Crippen LogP contribution in [-0.2, 0) is 4.57 Å². The van der Waals surface area contributed by atoms with Crippen LogP contribution in [0.2, 0.25) is 5.02 Å². The second-order valence-electron chi connectivity index (χ2n) is 7.77. The third-order valence-corrected chi connectivity index (χ3v) is 6.26. The van der Waals surface area contributed by atoms with Gasteiger partial charge in [0.15, 0.2) is 5.43 Å². The van der Waals surface area contributed by atoms with Crippen molar-refractivity contribution in [3.63, 3.8) is 0 Å². The van der Waals surface area contributed by atoms with E-state index < -0.39 is 31.0 Å². The number of benzene rings is 2. The molecule has 2 atom stereocenters. The topological polar surface area (TPSA) is 141 Å². The molecule has 4 rings (SSSR count). The van der Waals surface area contributed by atoms with Crippen molar-refractivity contribution in [1.29, 1.82) is 0 Å². The Kier molecular flexibility index (Phi) is 6.06. The normalized spacial score (nSPS) is 19.9. The van der Waals surface area contributed by atoms with E-state index >= 15 is 0 Å². The average molecular weight is 482 g/mol. The smallest absolute Gasteiger partial charge is 0.507 e. The molecular weight excluding hydrogens is 461 g/mol. The number of halogens is 1. The Bertz CT molecular complexity index is 1290. The molecule has 1 unspecified atom stereocenters. The van der Waals surface area contributed by atoms with Gasteiger partial charge >= 0.3 is 7.82 Å². The summed E-state index contributed by atoms with van der Waals surface area (Å²) in [6.07, 6.45) is -0.537. The number of likely N-dealkylation sites (tertiary alicyclic amines) is 1. The number of phenols is 1. The summed E-state index contributed by atoms with van der Waals surface area (Å²) >= 11 is 6.26. The van der Waals surface area contributed by atoms with Crippen LogP contribution in [0, 0.1) is 0 Å².